The molecule has 0 heterocycles. The first-order chi connectivity index (χ1) is 8.65. The highest BCUT2D eigenvalue weighted by atomic mass is 16.3. The minimum atomic E-state index is -0.0561. The predicted octanol–water partition coefficient (Wildman–Crippen LogP) is 2.51. The van der Waals surface area contributed by atoms with Gasteiger partial charge in [-0.15, -0.1) is 0 Å². The summed E-state index contributed by atoms with van der Waals surface area (Å²) in [7, 11) is 0. The lowest BCUT2D eigenvalue weighted by molar-refractivity contribution is 0.469. The summed E-state index contributed by atoms with van der Waals surface area (Å²) in [6.07, 6.45) is 0. The first kappa shape index (κ1) is 11.5. The van der Waals surface area contributed by atoms with Crippen molar-refractivity contribution in [2.24, 2.45) is 0 Å². The van der Waals surface area contributed by atoms with Crippen LogP contribution in [0.15, 0.2) is 36.4 Å². The number of phenolic OH excluding ortho intramolecular Hbond substituents is 2. The first-order valence-corrected chi connectivity index (χ1v) is 5.12. The Kier molecular flexibility index (Phi) is 2.87. The molecule has 0 aliphatic carbocycles. The fourth-order valence-corrected chi connectivity index (χ4v) is 1.64. The maximum absolute atomic E-state index is 9.77. The number of nitriles is 2. The van der Waals surface area contributed by atoms with E-state index >= 15 is 0 Å². The number of aromatic hydroxyl groups is 2. The zero-order chi connectivity index (χ0) is 13.1. The van der Waals surface area contributed by atoms with E-state index in [1.807, 2.05) is 12.1 Å². The first-order valence-electron chi connectivity index (χ1n) is 5.12. The van der Waals surface area contributed by atoms with Gasteiger partial charge in [-0.2, -0.15) is 10.5 Å². The van der Waals surface area contributed by atoms with E-state index in [4.69, 9.17) is 10.5 Å². The summed E-state index contributed by atoms with van der Waals surface area (Å²) in [5.74, 6) is -0.112. The van der Waals surface area contributed by atoms with Gasteiger partial charge in [-0.25, -0.2) is 0 Å². The molecular weight excluding hydrogens is 228 g/mol. The lowest BCUT2D eigenvalue weighted by Crippen LogP contribution is -1.85. The van der Waals surface area contributed by atoms with Gasteiger partial charge in [0, 0.05) is 11.1 Å². The summed E-state index contributed by atoms with van der Waals surface area (Å²) in [6, 6.07) is 12.6. The zero-order valence-corrected chi connectivity index (χ0v) is 9.25. The van der Waals surface area contributed by atoms with Crippen LogP contribution in [-0.2, 0) is 0 Å². The molecule has 2 N–H and O–H groups in total. The van der Waals surface area contributed by atoms with E-state index in [2.05, 4.69) is 0 Å². The second-order valence-corrected chi connectivity index (χ2v) is 3.69. The third kappa shape index (κ3) is 1.95. The molecule has 18 heavy (non-hydrogen) atoms. The summed E-state index contributed by atoms with van der Waals surface area (Å²) < 4.78 is 0. The number of phenols is 2. The highest BCUT2D eigenvalue weighted by molar-refractivity contribution is 5.77. The number of nitrogens with zero attached hydrogens (tertiary/aromatic N) is 2. The van der Waals surface area contributed by atoms with E-state index in [1.165, 1.54) is 36.4 Å². The number of hydrogen-bond donors (Lipinski definition) is 2. The van der Waals surface area contributed by atoms with Crippen LogP contribution in [0.25, 0.3) is 11.1 Å². The van der Waals surface area contributed by atoms with Crippen molar-refractivity contribution in [2.75, 3.05) is 0 Å². The third-order valence-electron chi connectivity index (χ3n) is 2.54. The average molecular weight is 236 g/mol. The molecule has 0 aliphatic heterocycles. The van der Waals surface area contributed by atoms with Gasteiger partial charge in [0.1, 0.15) is 11.5 Å². The summed E-state index contributed by atoms with van der Waals surface area (Å²) in [5, 5.41) is 37.2. The molecule has 0 atom stereocenters. The Morgan fingerprint density at radius 2 is 1.11 bits per heavy atom. The van der Waals surface area contributed by atoms with Crippen LogP contribution >= 0.6 is 0 Å². The van der Waals surface area contributed by atoms with Crippen molar-refractivity contribution in [1.29, 1.82) is 10.5 Å². The van der Waals surface area contributed by atoms with Crippen LogP contribution < -0.4 is 0 Å². The van der Waals surface area contributed by atoms with Gasteiger partial charge in [0.25, 0.3) is 0 Å². The number of benzene rings is 2. The van der Waals surface area contributed by atoms with Crippen molar-refractivity contribution in [1.82, 2.24) is 0 Å². The van der Waals surface area contributed by atoms with Crippen molar-refractivity contribution in [3.8, 4) is 34.8 Å². The van der Waals surface area contributed by atoms with E-state index in [0.717, 1.165) is 0 Å². The molecule has 0 aliphatic rings. The SMILES string of the molecule is N#Cc1ccc(O)c(-c2cc(C#N)ccc2O)c1. The summed E-state index contributed by atoms with van der Waals surface area (Å²) in [6.45, 7) is 0. The highest BCUT2D eigenvalue weighted by Gasteiger charge is 2.11. The Bertz CT molecular complexity index is 632. The van der Waals surface area contributed by atoms with Gasteiger partial charge >= 0.3 is 0 Å². The van der Waals surface area contributed by atoms with Crippen LogP contribution in [0.2, 0.25) is 0 Å². The van der Waals surface area contributed by atoms with Crippen LogP contribution in [0.5, 0.6) is 11.5 Å². The standard InChI is InChI=1S/C14H8N2O2/c15-7-9-1-3-13(17)11(5-9)12-6-10(8-16)2-4-14(12)18/h1-6,17-18H. The molecule has 0 spiro atoms. The maximum atomic E-state index is 9.77. The molecule has 0 bridgehead atoms. The van der Waals surface area contributed by atoms with Crippen LogP contribution in [-0.4, -0.2) is 10.2 Å². The van der Waals surface area contributed by atoms with Gasteiger partial charge in [-0.05, 0) is 36.4 Å². The topological polar surface area (TPSA) is 88.0 Å². The van der Waals surface area contributed by atoms with Crippen molar-refractivity contribution in [3.63, 3.8) is 0 Å². The van der Waals surface area contributed by atoms with Crippen LogP contribution in [0.3, 0.4) is 0 Å². The minimum absolute atomic E-state index is 0.0561. The van der Waals surface area contributed by atoms with Gasteiger partial charge in [-0.3, -0.25) is 0 Å². The average Bonchev–Trinajstić information content (AvgIpc) is 2.40. The molecule has 2 aromatic carbocycles. The molecule has 0 aromatic heterocycles. The third-order valence-corrected chi connectivity index (χ3v) is 2.54. The maximum Gasteiger partial charge on any atom is 0.123 e. The molecule has 0 fully saturated rings. The smallest absolute Gasteiger partial charge is 0.123 e. The van der Waals surface area contributed by atoms with E-state index in [9.17, 15) is 10.2 Å². The summed E-state index contributed by atoms with van der Waals surface area (Å²) in [5.41, 5.74) is 1.38. The highest BCUT2D eigenvalue weighted by Crippen LogP contribution is 2.36. The van der Waals surface area contributed by atoms with Gasteiger partial charge in [0.2, 0.25) is 0 Å². The molecular formula is C14H8N2O2. The largest absolute Gasteiger partial charge is 0.507 e. The van der Waals surface area contributed by atoms with E-state index in [0.29, 0.717) is 22.3 Å². The fourth-order valence-electron chi connectivity index (χ4n) is 1.64. The van der Waals surface area contributed by atoms with Crippen molar-refractivity contribution in [3.05, 3.63) is 47.5 Å². The lowest BCUT2D eigenvalue weighted by Gasteiger charge is -2.07. The molecule has 2 rings (SSSR count). The van der Waals surface area contributed by atoms with Crippen molar-refractivity contribution >= 4 is 0 Å². The lowest BCUT2D eigenvalue weighted by atomic mass is 9.99. The summed E-state index contributed by atoms with van der Waals surface area (Å²) in [4.78, 5) is 0. The molecule has 0 radical (unpaired) electrons. The van der Waals surface area contributed by atoms with Crippen LogP contribution in [0.1, 0.15) is 11.1 Å². The van der Waals surface area contributed by atoms with Gasteiger partial charge < -0.3 is 10.2 Å². The minimum Gasteiger partial charge on any atom is -0.507 e. The fraction of sp³-hybridized carbons (Fsp3) is 0. The second kappa shape index (κ2) is 4.48. The quantitative estimate of drug-likeness (QED) is 0.796. The van der Waals surface area contributed by atoms with Gasteiger partial charge in [0.05, 0.1) is 23.3 Å². The molecule has 86 valence electrons. The van der Waals surface area contributed by atoms with Crippen molar-refractivity contribution < 1.29 is 10.2 Å². The zero-order valence-electron chi connectivity index (χ0n) is 9.25. The van der Waals surface area contributed by atoms with E-state index in [-0.39, 0.29) is 11.5 Å². The second-order valence-electron chi connectivity index (χ2n) is 3.69. The van der Waals surface area contributed by atoms with Gasteiger partial charge in [-0.1, -0.05) is 0 Å². The van der Waals surface area contributed by atoms with Gasteiger partial charge in [0.15, 0.2) is 0 Å². The molecule has 0 saturated carbocycles. The Balaban J connectivity index is 2.69. The summed E-state index contributed by atoms with van der Waals surface area (Å²) >= 11 is 0. The Morgan fingerprint density at radius 1 is 0.722 bits per heavy atom. The van der Waals surface area contributed by atoms with Crippen LogP contribution in [0, 0.1) is 22.7 Å². The molecule has 4 nitrogen and oxygen atoms in total. The molecule has 0 saturated heterocycles. The Labute approximate surface area is 104 Å². The monoisotopic (exact) mass is 236 g/mol. The Morgan fingerprint density at radius 3 is 1.44 bits per heavy atom. The van der Waals surface area contributed by atoms with E-state index in [1.54, 1.807) is 0 Å². The predicted molar refractivity (Wildman–Crippen MR) is 64.6 cm³/mol. The molecule has 0 unspecified atom stereocenters. The molecule has 4 heteroatoms. The molecule has 0 amide bonds. The molecule has 2 aromatic rings. The van der Waals surface area contributed by atoms with E-state index < -0.39 is 0 Å². The van der Waals surface area contributed by atoms with Crippen LogP contribution in [0.4, 0.5) is 0 Å². The number of hydrogen-bond acceptors (Lipinski definition) is 4. The van der Waals surface area contributed by atoms with Crippen molar-refractivity contribution in [2.45, 2.75) is 0 Å². The normalized spacial score (nSPS) is 9.44. The Hall–Kier alpha value is -2.98. The number of rotatable bonds is 1.